The van der Waals surface area contributed by atoms with Crippen LogP contribution in [0, 0.1) is 5.41 Å². The summed E-state index contributed by atoms with van der Waals surface area (Å²) in [6, 6.07) is 1.37. The van der Waals surface area contributed by atoms with Crippen molar-refractivity contribution in [1.29, 1.82) is 0 Å². The summed E-state index contributed by atoms with van der Waals surface area (Å²) in [6.45, 7) is 9.14. The Morgan fingerprint density at radius 3 is 2.41 bits per heavy atom. The molecule has 3 heteroatoms. The molecule has 1 saturated carbocycles. The van der Waals surface area contributed by atoms with Gasteiger partial charge in [-0.15, -0.1) is 0 Å². The number of likely N-dealkylation sites (N-methyl/N-ethyl adjacent to an activating group) is 1. The SMILES string of the molecule is CN1CC(C)(C)CN(C2CCCC2)CC1CN. The van der Waals surface area contributed by atoms with Gasteiger partial charge in [0, 0.05) is 38.3 Å². The van der Waals surface area contributed by atoms with Gasteiger partial charge in [-0.25, -0.2) is 0 Å². The van der Waals surface area contributed by atoms with Crippen LogP contribution in [0.25, 0.3) is 0 Å². The fraction of sp³-hybridized carbons (Fsp3) is 1.00. The lowest BCUT2D eigenvalue weighted by Gasteiger charge is -2.33. The largest absolute Gasteiger partial charge is 0.329 e. The second-order valence-corrected chi connectivity index (χ2v) is 6.84. The number of nitrogens with two attached hydrogens (primary N) is 1. The first kappa shape index (κ1) is 13.3. The van der Waals surface area contributed by atoms with Crippen molar-refractivity contribution in [2.75, 3.05) is 33.2 Å². The third-order valence-electron chi connectivity index (χ3n) is 4.49. The highest BCUT2D eigenvalue weighted by molar-refractivity contribution is 4.91. The summed E-state index contributed by atoms with van der Waals surface area (Å²) >= 11 is 0. The van der Waals surface area contributed by atoms with Crippen molar-refractivity contribution in [3.8, 4) is 0 Å². The molecule has 0 radical (unpaired) electrons. The van der Waals surface area contributed by atoms with Gasteiger partial charge in [0.1, 0.15) is 0 Å². The molecule has 2 rings (SSSR count). The smallest absolute Gasteiger partial charge is 0.0342 e. The average Bonchev–Trinajstić information content (AvgIpc) is 2.72. The predicted molar refractivity (Wildman–Crippen MR) is 73.1 cm³/mol. The molecule has 1 heterocycles. The van der Waals surface area contributed by atoms with E-state index in [1.54, 1.807) is 0 Å². The standard InChI is InChI=1S/C14H29N3/c1-14(2)10-16(3)13(8-15)9-17(11-14)12-6-4-5-7-12/h12-13H,4-11,15H2,1-3H3. The fourth-order valence-electron chi connectivity index (χ4n) is 3.68. The minimum Gasteiger partial charge on any atom is -0.329 e. The van der Waals surface area contributed by atoms with Gasteiger partial charge in [-0.2, -0.15) is 0 Å². The van der Waals surface area contributed by atoms with Crippen molar-refractivity contribution < 1.29 is 0 Å². The van der Waals surface area contributed by atoms with Crippen molar-refractivity contribution >= 4 is 0 Å². The van der Waals surface area contributed by atoms with Crippen molar-refractivity contribution in [3.63, 3.8) is 0 Å². The molecule has 3 nitrogen and oxygen atoms in total. The van der Waals surface area contributed by atoms with E-state index in [9.17, 15) is 0 Å². The van der Waals surface area contributed by atoms with Gasteiger partial charge in [-0.05, 0) is 25.3 Å². The van der Waals surface area contributed by atoms with E-state index in [1.165, 1.54) is 38.8 Å². The van der Waals surface area contributed by atoms with Gasteiger partial charge in [-0.1, -0.05) is 26.7 Å². The van der Waals surface area contributed by atoms with E-state index in [4.69, 9.17) is 5.73 Å². The molecule has 2 aliphatic rings. The third kappa shape index (κ3) is 3.21. The van der Waals surface area contributed by atoms with E-state index in [1.807, 2.05) is 0 Å². The number of nitrogens with zero attached hydrogens (tertiary/aromatic N) is 2. The Morgan fingerprint density at radius 1 is 1.18 bits per heavy atom. The molecular weight excluding hydrogens is 210 g/mol. The second-order valence-electron chi connectivity index (χ2n) is 6.84. The minimum atomic E-state index is 0.390. The Hall–Kier alpha value is -0.120. The molecule has 1 aliphatic heterocycles. The molecule has 0 aromatic carbocycles. The van der Waals surface area contributed by atoms with E-state index in [0.717, 1.165) is 19.1 Å². The van der Waals surface area contributed by atoms with Gasteiger partial charge in [-0.3, -0.25) is 4.90 Å². The average molecular weight is 239 g/mol. The van der Waals surface area contributed by atoms with Crippen LogP contribution in [0.15, 0.2) is 0 Å². The van der Waals surface area contributed by atoms with Gasteiger partial charge >= 0.3 is 0 Å². The Labute approximate surface area is 106 Å². The molecule has 17 heavy (non-hydrogen) atoms. The molecule has 1 atom stereocenters. The van der Waals surface area contributed by atoms with E-state index in [0.29, 0.717) is 11.5 Å². The highest BCUT2D eigenvalue weighted by Gasteiger charge is 2.35. The summed E-state index contributed by atoms with van der Waals surface area (Å²) in [5.41, 5.74) is 6.33. The van der Waals surface area contributed by atoms with E-state index < -0.39 is 0 Å². The lowest BCUT2D eigenvalue weighted by atomic mass is 9.92. The summed E-state index contributed by atoms with van der Waals surface area (Å²) in [5.74, 6) is 0. The monoisotopic (exact) mass is 239 g/mol. The number of rotatable bonds is 2. The predicted octanol–water partition coefficient (Wildman–Crippen LogP) is 1.53. The van der Waals surface area contributed by atoms with Crippen LogP contribution in [0.1, 0.15) is 39.5 Å². The van der Waals surface area contributed by atoms with Gasteiger partial charge in [0.15, 0.2) is 0 Å². The van der Waals surface area contributed by atoms with E-state index >= 15 is 0 Å². The number of hydrogen-bond donors (Lipinski definition) is 1. The molecule has 0 aromatic heterocycles. The summed E-state index contributed by atoms with van der Waals surface area (Å²) in [6.07, 6.45) is 5.64. The maximum absolute atomic E-state index is 5.94. The van der Waals surface area contributed by atoms with Crippen molar-refractivity contribution in [1.82, 2.24) is 9.80 Å². The molecular formula is C14H29N3. The highest BCUT2D eigenvalue weighted by atomic mass is 15.3. The summed E-state index contributed by atoms with van der Waals surface area (Å²) in [4.78, 5) is 5.20. The summed E-state index contributed by atoms with van der Waals surface area (Å²) in [7, 11) is 2.23. The van der Waals surface area contributed by atoms with Crippen LogP contribution in [0.2, 0.25) is 0 Å². The molecule has 2 fully saturated rings. The molecule has 0 bridgehead atoms. The van der Waals surface area contributed by atoms with E-state index in [2.05, 4.69) is 30.7 Å². The minimum absolute atomic E-state index is 0.390. The van der Waals surface area contributed by atoms with E-state index in [-0.39, 0.29) is 0 Å². The topological polar surface area (TPSA) is 32.5 Å². The molecule has 0 amide bonds. The first-order chi connectivity index (χ1) is 8.02. The zero-order valence-electron chi connectivity index (χ0n) is 11.8. The van der Waals surface area contributed by atoms with Crippen molar-refractivity contribution in [3.05, 3.63) is 0 Å². The van der Waals surface area contributed by atoms with Crippen LogP contribution < -0.4 is 5.73 Å². The molecule has 2 N–H and O–H groups in total. The van der Waals surface area contributed by atoms with Gasteiger partial charge in [0.2, 0.25) is 0 Å². The normalized spacial score (nSPS) is 32.8. The van der Waals surface area contributed by atoms with Crippen LogP contribution in [-0.4, -0.2) is 55.1 Å². The first-order valence-corrected chi connectivity index (χ1v) is 7.16. The zero-order valence-corrected chi connectivity index (χ0v) is 11.8. The Kier molecular flexibility index (Phi) is 4.11. The Balaban J connectivity index is 2.08. The molecule has 100 valence electrons. The lowest BCUT2D eigenvalue weighted by Crippen LogP contribution is -2.46. The van der Waals surface area contributed by atoms with Gasteiger partial charge in [0.25, 0.3) is 0 Å². The van der Waals surface area contributed by atoms with Gasteiger partial charge < -0.3 is 10.6 Å². The summed E-state index contributed by atoms with van der Waals surface area (Å²) in [5, 5.41) is 0. The summed E-state index contributed by atoms with van der Waals surface area (Å²) < 4.78 is 0. The number of hydrogen-bond acceptors (Lipinski definition) is 3. The van der Waals surface area contributed by atoms with Crippen LogP contribution in [0.3, 0.4) is 0 Å². The zero-order chi connectivity index (χ0) is 12.5. The van der Waals surface area contributed by atoms with Crippen molar-refractivity contribution in [2.24, 2.45) is 11.1 Å². The Morgan fingerprint density at radius 2 is 1.82 bits per heavy atom. The van der Waals surface area contributed by atoms with Crippen molar-refractivity contribution in [2.45, 2.75) is 51.6 Å². The molecule has 0 spiro atoms. The fourth-order valence-corrected chi connectivity index (χ4v) is 3.68. The second kappa shape index (κ2) is 5.25. The maximum Gasteiger partial charge on any atom is 0.0342 e. The maximum atomic E-state index is 5.94. The first-order valence-electron chi connectivity index (χ1n) is 7.16. The lowest BCUT2D eigenvalue weighted by molar-refractivity contribution is 0.148. The molecule has 0 aromatic rings. The quantitative estimate of drug-likeness (QED) is 0.793. The Bertz CT molecular complexity index is 246. The van der Waals surface area contributed by atoms with Crippen LogP contribution in [0.5, 0.6) is 0 Å². The van der Waals surface area contributed by atoms with Crippen LogP contribution >= 0.6 is 0 Å². The highest BCUT2D eigenvalue weighted by Crippen LogP contribution is 2.30. The molecule has 1 saturated heterocycles. The molecule has 1 aliphatic carbocycles. The van der Waals surface area contributed by atoms with Crippen LogP contribution in [0.4, 0.5) is 0 Å². The van der Waals surface area contributed by atoms with Gasteiger partial charge in [0.05, 0.1) is 0 Å². The third-order valence-corrected chi connectivity index (χ3v) is 4.49. The molecule has 1 unspecified atom stereocenters. The van der Waals surface area contributed by atoms with Crippen LogP contribution in [-0.2, 0) is 0 Å².